The van der Waals surface area contributed by atoms with Crippen LogP contribution in [-0.4, -0.2) is 38.6 Å². The fourth-order valence-corrected chi connectivity index (χ4v) is 2.67. The third kappa shape index (κ3) is 5.08. The van der Waals surface area contributed by atoms with Crippen molar-refractivity contribution >= 4 is 23.2 Å². The minimum Gasteiger partial charge on any atom is -0.493 e. The number of carbonyl (C=O) groups is 1. The predicted octanol–water partition coefficient (Wildman–Crippen LogP) is 3.57. The summed E-state index contributed by atoms with van der Waals surface area (Å²) in [6, 6.07) is 9.41. The molecule has 0 unspecified atom stereocenters. The van der Waals surface area contributed by atoms with Crippen LogP contribution in [0.5, 0.6) is 11.5 Å². The van der Waals surface area contributed by atoms with E-state index in [0.717, 1.165) is 11.6 Å². The Bertz CT molecular complexity index is 755. The van der Waals surface area contributed by atoms with Crippen LogP contribution >= 0.6 is 11.6 Å². The molecule has 0 fully saturated rings. The molecule has 2 aromatic rings. The minimum absolute atomic E-state index is 0.133. The summed E-state index contributed by atoms with van der Waals surface area (Å²) in [4.78, 5) is 14.0. The van der Waals surface area contributed by atoms with Crippen LogP contribution in [0.3, 0.4) is 0 Å². The number of para-hydroxylation sites is 1. The number of nitrogens with zero attached hydrogens (tertiary/aromatic N) is 1. The molecule has 0 aliphatic heterocycles. The van der Waals surface area contributed by atoms with Crippen molar-refractivity contribution in [3.8, 4) is 11.5 Å². The number of hydrogen-bond donors (Lipinski definition) is 1. The molecule has 0 bridgehead atoms. The van der Waals surface area contributed by atoms with Gasteiger partial charge in [-0.05, 0) is 31.3 Å². The van der Waals surface area contributed by atoms with Gasteiger partial charge in [-0.1, -0.05) is 23.7 Å². The van der Waals surface area contributed by atoms with Gasteiger partial charge in [-0.2, -0.15) is 0 Å². The van der Waals surface area contributed by atoms with Crippen LogP contribution in [0.15, 0.2) is 36.4 Å². The van der Waals surface area contributed by atoms with Gasteiger partial charge >= 0.3 is 0 Å². The van der Waals surface area contributed by atoms with Crippen LogP contribution in [-0.2, 0) is 11.3 Å². The van der Waals surface area contributed by atoms with Crippen LogP contribution in [0.1, 0.15) is 5.56 Å². The van der Waals surface area contributed by atoms with Gasteiger partial charge in [0.1, 0.15) is 5.82 Å². The van der Waals surface area contributed by atoms with Crippen LogP contribution in [0.2, 0.25) is 5.02 Å². The number of anilines is 1. The first-order valence-corrected chi connectivity index (χ1v) is 7.95. The molecule has 0 atom stereocenters. The molecule has 2 aromatic carbocycles. The molecule has 134 valence electrons. The maximum atomic E-state index is 13.0. The van der Waals surface area contributed by atoms with Gasteiger partial charge in [0.2, 0.25) is 5.91 Å². The van der Waals surface area contributed by atoms with Gasteiger partial charge in [-0.3, -0.25) is 9.69 Å². The maximum absolute atomic E-state index is 13.0. The normalized spacial score (nSPS) is 10.6. The van der Waals surface area contributed by atoms with E-state index in [1.54, 1.807) is 14.2 Å². The van der Waals surface area contributed by atoms with E-state index in [4.69, 9.17) is 21.1 Å². The van der Waals surface area contributed by atoms with Crippen molar-refractivity contribution in [2.75, 3.05) is 33.1 Å². The van der Waals surface area contributed by atoms with Gasteiger partial charge in [-0.15, -0.1) is 0 Å². The number of hydrogen-bond acceptors (Lipinski definition) is 4. The molecule has 5 nitrogen and oxygen atoms in total. The van der Waals surface area contributed by atoms with Crippen molar-refractivity contribution < 1.29 is 18.7 Å². The van der Waals surface area contributed by atoms with Crippen LogP contribution in [0.4, 0.5) is 10.1 Å². The van der Waals surface area contributed by atoms with Crippen molar-refractivity contribution in [1.82, 2.24) is 4.90 Å². The lowest BCUT2D eigenvalue weighted by Gasteiger charge is -2.19. The fourth-order valence-electron chi connectivity index (χ4n) is 2.45. The smallest absolute Gasteiger partial charge is 0.238 e. The third-order valence-electron chi connectivity index (χ3n) is 3.54. The highest BCUT2D eigenvalue weighted by molar-refractivity contribution is 6.33. The largest absolute Gasteiger partial charge is 0.493 e. The Kier molecular flexibility index (Phi) is 6.61. The lowest BCUT2D eigenvalue weighted by molar-refractivity contribution is -0.117. The molecule has 25 heavy (non-hydrogen) atoms. The van der Waals surface area contributed by atoms with Gasteiger partial charge in [0.15, 0.2) is 11.5 Å². The molecule has 0 radical (unpaired) electrons. The van der Waals surface area contributed by atoms with E-state index >= 15 is 0 Å². The summed E-state index contributed by atoms with van der Waals surface area (Å²) in [5.74, 6) is 0.567. The highest BCUT2D eigenvalue weighted by atomic mass is 35.5. The number of methoxy groups -OCH3 is 2. The summed E-state index contributed by atoms with van der Waals surface area (Å²) >= 11 is 5.91. The second-order valence-electron chi connectivity index (χ2n) is 5.50. The number of amides is 1. The monoisotopic (exact) mass is 366 g/mol. The van der Waals surface area contributed by atoms with E-state index in [-0.39, 0.29) is 17.5 Å². The second kappa shape index (κ2) is 8.69. The summed E-state index contributed by atoms with van der Waals surface area (Å²) in [6.07, 6.45) is 0. The topological polar surface area (TPSA) is 50.8 Å². The lowest BCUT2D eigenvalue weighted by Crippen LogP contribution is -2.30. The number of ether oxygens (including phenoxy) is 2. The highest BCUT2D eigenvalue weighted by Gasteiger charge is 2.14. The molecule has 2 rings (SSSR count). The zero-order chi connectivity index (χ0) is 18.4. The molecule has 7 heteroatoms. The van der Waals surface area contributed by atoms with E-state index < -0.39 is 5.82 Å². The molecule has 0 saturated carbocycles. The Morgan fingerprint density at radius 2 is 2.00 bits per heavy atom. The SMILES string of the molecule is COc1cccc(CN(C)CC(=O)Nc2ccc(F)cc2Cl)c1OC. The van der Waals surface area contributed by atoms with E-state index in [1.165, 1.54) is 12.1 Å². The zero-order valence-electron chi connectivity index (χ0n) is 14.3. The number of rotatable bonds is 7. The Hall–Kier alpha value is -2.31. The third-order valence-corrected chi connectivity index (χ3v) is 3.86. The van der Waals surface area contributed by atoms with Gasteiger partial charge in [-0.25, -0.2) is 4.39 Å². The van der Waals surface area contributed by atoms with E-state index in [9.17, 15) is 9.18 Å². The Labute approximate surface area is 151 Å². The van der Waals surface area contributed by atoms with Crippen molar-refractivity contribution in [1.29, 1.82) is 0 Å². The lowest BCUT2D eigenvalue weighted by atomic mass is 10.1. The average Bonchev–Trinajstić information content (AvgIpc) is 2.57. The number of carbonyl (C=O) groups excluding carboxylic acids is 1. The zero-order valence-corrected chi connectivity index (χ0v) is 15.1. The van der Waals surface area contributed by atoms with E-state index in [0.29, 0.717) is 23.7 Å². The van der Waals surface area contributed by atoms with Crippen molar-refractivity contribution in [2.24, 2.45) is 0 Å². The predicted molar refractivity (Wildman–Crippen MR) is 95.9 cm³/mol. The Morgan fingerprint density at radius 1 is 1.24 bits per heavy atom. The first kappa shape index (κ1) is 19.0. The molecule has 0 aliphatic carbocycles. The molecule has 0 saturated heterocycles. The summed E-state index contributed by atoms with van der Waals surface area (Å²) in [6.45, 7) is 0.624. The van der Waals surface area contributed by atoms with Gasteiger partial charge in [0.25, 0.3) is 0 Å². The minimum atomic E-state index is -0.453. The molecule has 0 aliphatic rings. The molecule has 0 aromatic heterocycles. The van der Waals surface area contributed by atoms with E-state index in [1.807, 2.05) is 30.1 Å². The first-order valence-electron chi connectivity index (χ1n) is 7.58. The maximum Gasteiger partial charge on any atom is 0.238 e. The Balaban J connectivity index is 2.00. The molecule has 1 N–H and O–H groups in total. The summed E-state index contributed by atoms with van der Waals surface area (Å²) < 4.78 is 23.7. The summed E-state index contributed by atoms with van der Waals surface area (Å²) in [7, 11) is 4.96. The van der Waals surface area contributed by atoms with E-state index in [2.05, 4.69) is 5.32 Å². The standard InChI is InChI=1S/C18H20ClFN2O3/c1-22(10-12-5-4-6-16(24-2)18(12)25-3)11-17(23)21-15-8-7-13(20)9-14(15)19/h4-9H,10-11H2,1-3H3,(H,21,23). The highest BCUT2D eigenvalue weighted by Crippen LogP contribution is 2.31. The van der Waals surface area contributed by atoms with Crippen LogP contribution < -0.4 is 14.8 Å². The summed E-state index contributed by atoms with van der Waals surface area (Å²) in [5.41, 5.74) is 1.28. The molecule has 1 amide bonds. The van der Waals surface area contributed by atoms with Crippen molar-refractivity contribution in [3.05, 3.63) is 52.8 Å². The van der Waals surface area contributed by atoms with Gasteiger partial charge < -0.3 is 14.8 Å². The fraction of sp³-hybridized carbons (Fsp3) is 0.278. The summed E-state index contributed by atoms with van der Waals surface area (Å²) in [5, 5.41) is 2.83. The number of likely N-dealkylation sites (N-methyl/N-ethyl adjacent to an activating group) is 1. The van der Waals surface area contributed by atoms with Crippen LogP contribution in [0.25, 0.3) is 0 Å². The van der Waals surface area contributed by atoms with Crippen molar-refractivity contribution in [3.63, 3.8) is 0 Å². The molecule has 0 heterocycles. The number of nitrogens with one attached hydrogen (secondary N) is 1. The number of benzene rings is 2. The molecular weight excluding hydrogens is 347 g/mol. The molecule has 0 spiro atoms. The van der Waals surface area contributed by atoms with Crippen LogP contribution in [0, 0.1) is 5.82 Å². The molecular formula is C18H20ClFN2O3. The van der Waals surface area contributed by atoms with Gasteiger partial charge in [0.05, 0.1) is 31.5 Å². The van der Waals surface area contributed by atoms with Crippen molar-refractivity contribution in [2.45, 2.75) is 6.54 Å². The second-order valence-corrected chi connectivity index (χ2v) is 5.90. The average molecular weight is 367 g/mol. The van der Waals surface area contributed by atoms with Gasteiger partial charge in [0, 0.05) is 12.1 Å². The number of halogens is 2. The quantitative estimate of drug-likeness (QED) is 0.814. The first-order chi connectivity index (χ1) is 11.9. The Morgan fingerprint density at radius 3 is 2.64 bits per heavy atom.